The molecule has 0 aliphatic heterocycles. The Labute approximate surface area is 165 Å². The number of nitrogens with zero attached hydrogens (tertiary/aromatic N) is 2. The molecule has 3 aromatic rings. The summed E-state index contributed by atoms with van der Waals surface area (Å²) in [7, 11) is 1.33. The second-order valence-corrected chi connectivity index (χ2v) is 7.57. The topological polar surface area (TPSA) is 81.2 Å². The molecular weight excluding hydrogens is 382 g/mol. The Hall–Kier alpha value is -2.71. The smallest absolute Gasteiger partial charge is 0.338 e. The zero-order valence-corrected chi connectivity index (χ0v) is 16.2. The minimum absolute atomic E-state index is 0.154. The average Bonchev–Trinajstić information content (AvgIpc) is 3.13. The van der Waals surface area contributed by atoms with Crippen LogP contribution >= 0.6 is 23.1 Å². The Kier molecular flexibility index (Phi) is 6.56. The van der Waals surface area contributed by atoms with Gasteiger partial charge < -0.3 is 4.74 Å². The van der Waals surface area contributed by atoms with E-state index >= 15 is 0 Å². The first-order valence-electron chi connectivity index (χ1n) is 8.12. The van der Waals surface area contributed by atoms with Gasteiger partial charge in [-0.3, -0.25) is 10.1 Å². The maximum atomic E-state index is 12.2. The van der Waals surface area contributed by atoms with Crippen LogP contribution in [-0.2, 0) is 16.0 Å². The summed E-state index contributed by atoms with van der Waals surface area (Å²) in [5.41, 5.74) is 1.58. The van der Waals surface area contributed by atoms with Crippen LogP contribution in [0.15, 0.2) is 59.5 Å². The second kappa shape index (κ2) is 9.29. The molecule has 0 fully saturated rings. The average molecular weight is 399 g/mol. The van der Waals surface area contributed by atoms with E-state index in [2.05, 4.69) is 15.5 Å². The van der Waals surface area contributed by atoms with Gasteiger partial charge in [0.1, 0.15) is 5.01 Å². The van der Waals surface area contributed by atoms with Crippen LogP contribution in [0, 0.1) is 0 Å². The van der Waals surface area contributed by atoms with E-state index in [4.69, 9.17) is 4.74 Å². The molecule has 0 unspecified atom stereocenters. The molecule has 0 aliphatic rings. The van der Waals surface area contributed by atoms with E-state index in [0.29, 0.717) is 22.0 Å². The van der Waals surface area contributed by atoms with Gasteiger partial charge in [-0.2, -0.15) is 0 Å². The summed E-state index contributed by atoms with van der Waals surface area (Å²) in [5, 5.41) is 12.2. The van der Waals surface area contributed by atoms with Crippen LogP contribution in [0.5, 0.6) is 0 Å². The molecule has 0 saturated carbocycles. The van der Waals surface area contributed by atoms with Gasteiger partial charge in [0.05, 0.1) is 18.4 Å². The molecule has 1 N–H and O–H groups in total. The van der Waals surface area contributed by atoms with E-state index in [1.54, 1.807) is 18.2 Å². The molecule has 0 atom stereocenters. The highest BCUT2D eigenvalue weighted by Gasteiger charge is 2.14. The molecule has 0 bridgehead atoms. The first kappa shape index (κ1) is 19.1. The highest BCUT2D eigenvalue weighted by molar-refractivity contribution is 8.00. The third-order valence-corrected chi connectivity index (χ3v) is 5.47. The summed E-state index contributed by atoms with van der Waals surface area (Å²) >= 11 is 2.62. The van der Waals surface area contributed by atoms with Gasteiger partial charge in [0.15, 0.2) is 0 Å². The number of carbonyl (C=O) groups excluding carboxylic acids is 2. The largest absolute Gasteiger partial charge is 0.465 e. The number of aromatic nitrogens is 2. The van der Waals surface area contributed by atoms with Gasteiger partial charge in [0, 0.05) is 11.3 Å². The molecule has 0 aliphatic carbocycles. The zero-order valence-electron chi connectivity index (χ0n) is 14.5. The van der Waals surface area contributed by atoms with Crippen molar-refractivity contribution in [3.63, 3.8) is 0 Å². The van der Waals surface area contributed by atoms with Crippen molar-refractivity contribution < 1.29 is 14.3 Å². The number of amides is 1. The van der Waals surface area contributed by atoms with Crippen molar-refractivity contribution in [2.45, 2.75) is 11.3 Å². The maximum absolute atomic E-state index is 12.2. The fourth-order valence-electron chi connectivity index (χ4n) is 2.32. The van der Waals surface area contributed by atoms with E-state index in [1.807, 2.05) is 36.4 Å². The number of benzene rings is 2. The van der Waals surface area contributed by atoms with Gasteiger partial charge in [0.2, 0.25) is 11.0 Å². The van der Waals surface area contributed by atoms with Gasteiger partial charge in [-0.05, 0) is 17.7 Å². The summed E-state index contributed by atoms with van der Waals surface area (Å²) in [6, 6.07) is 17.0. The van der Waals surface area contributed by atoms with Crippen LogP contribution in [-0.4, -0.2) is 34.9 Å². The molecule has 27 heavy (non-hydrogen) atoms. The molecule has 1 amide bonds. The van der Waals surface area contributed by atoms with E-state index < -0.39 is 5.97 Å². The van der Waals surface area contributed by atoms with Crippen molar-refractivity contribution in [3.05, 3.63) is 70.7 Å². The third-order valence-electron chi connectivity index (χ3n) is 3.56. The maximum Gasteiger partial charge on any atom is 0.338 e. The summed E-state index contributed by atoms with van der Waals surface area (Å²) in [4.78, 5) is 24.7. The Balaban J connectivity index is 1.55. The van der Waals surface area contributed by atoms with E-state index in [-0.39, 0.29) is 11.7 Å². The summed E-state index contributed by atoms with van der Waals surface area (Å²) in [6.45, 7) is 0. The normalized spacial score (nSPS) is 10.4. The molecule has 8 heteroatoms. The molecule has 3 rings (SSSR count). The predicted octanol–water partition coefficient (Wildman–Crippen LogP) is 3.65. The van der Waals surface area contributed by atoms with Gasteiger partial charge in [-0.25, -0.2) is 4.79 Å². The predicted molar refractivity (Wildman–Crippen MR) is 106 cm³/mol. The van der Waals surface area contributed by atoms with Crippen molar-refractivity contribution >= 4 is 40.1 Å². The van der Waals surface area contributed by atoms with Crippen LogP contribution in [0.25, 0.3) is 0 Å². The fourth-order valence-corrected chi connectivity index (χ4v) is 3.95. The Morgan fingerprint density at radius 1 is 1.07 bits per heavy atom. The van der Waals surface area contributed by atoms with Gasteiger partial charge in [-0.15, -0.1) is 22.0 Å². The lowest BCUT2D eigenvalue weighted by Crippen LogP contribution is -2.14. The van der Waals surface area contributed by atoms with Crippen LogP contribution in [0.2, 0.25) is 0 Å². The van der Waals surface area contributed by atoms with Crippen molar-refractivity contribution in [1.82, 2.24) is 10.2 Å². The summed E-state index contributed by atoms with van der Waals surface area (Å²) < 4.78 is 4.76. The minimum Gasteiger partial charge on any atom is -0.465 e. The van der Waals surface area contributed by atoms with Crippen LogP contribution in [0.4, 0.5) is 5.13 Å². The molecule has 1 heterocycles. The van der Waals surface area contributed by atoms with Crippen molar-refractivity contribution in [2.24, 2.45) is 0 Å². The lowest BCUT2D eigenvalue weighted by atomic mass is 10.2. The molecule has 138 valence electrons. The minimum atomic E-state index is -0.423. The fraction of sp³-hybridized carbons (Fsp3) is 0.158. The van der Waals surface area contributed by atoms with Crippen molar-refractivity contribution in [2.75, 3.05) is 18.2 Å². The van der Waals surface area contributed by atoms with Gasteiger partial charge in [-0.1, -0.05) is 53.8 Å². The number of nitrogens with one attached hydrogen (secondary N) is 1. The number of thioether (sulfide) groups is 1. The quantitative estimate of drug-likeness (QED) is 0.482. The van der Waals surface area contributed by atoms with Gasteiger partial charge in [0.25, 0.3) is 0 Å². The highest BCUT2D eigenvalue weighted by atomic mass is 32.2. The summed E-state index contributed by atoms with van der Waals surface area (Å²) in [5.74, 6) is -0.475. The standard InChI is InChI=1S/C19H17N3O3S2/c1-25-18(24)14-9-5-6-10-15(14)26-12-16(23)20-19-22-21-17(27-19)11-13-7-3-2-4-8-13/h2-10H,11-12H2,1H3,(H,20,22,23). The van der Waals surface area contributed by atoms with Crippen molar-refractivity contribution in [1.29, 1.82) is 0 Å². The Morgan fingerprint density at radius 2 is 1.81 bits per heavy atom. The molecule has 2 aromatic carbocycles. The Morgan fingerprint density at radius 3 is 2.59 bits per heavy atom. The van der Waals surface area contributed by atoms with Crippen LogP contribution < -0.4 is 5.32 Å². The first-order valence-corrected chi connectivity index (χ1v) is 9.92. The SMILES string of the molecule is COC(=O)c1ccccc1SCC(=O)Nc1nnc(Cc2ccccc2)s1. The monoisotopic (exact) mass is 399 g/mol. The lowest BCUT2D eigenvalue weighted by Gasteiger charge is -2.06. The number of anilines is 1. The number of ether oxygens (including phenoxy) is 1. The molecule has 0 radical (unpaired) electrons. The number of methoxy groups -OCH3 is 1. The summed E-state index contributed by atoms with van der Waals surface area (Å²) in [6.07, 6.45) is 0.676. The highest BCUT2D eigenvalue weighted by Crippen LogP contribution is 2.24. The van der Waals surface area contributed by atoms with E-state index in [9.17, 15) is 9.59 Å². The lowest BCUT2D eigenvalue weighted by molar-refractivity contribution is -0.113. The Bertz CT molecular complexity index is 929. The molecule has 1 aromatic heterocycles. The van der Waals surface area contributed by atoms with Crippen LogP contribution in [0.1, 0.15) is 20.9 Å². The first-order chi connectivity index (χ1) is 13.2. The molecule has 0 spiro atoms. The number of rotatable bonds is 7. The van der Waals surface area contributed by atoms with E-state index in [0.717, 1.165) is 10.6 Å². The zero-order chi connectivity index (χ0) is 19.1. The molecule has 0 saturated heterocycles. The number of esters is 1. The van der Waals surface area contributed by atoms with Crippen molar-refractivity contribution in [3.8, 4) is 0 Å². The van der Waals surface area contributed by atoms with Gasteiger partial charge >= 0.3 is 5.97 Å². The van der Waals surface area contributed by atoms with E-state index in [1.165, 1.54) is 30.2 Å². The molecule has 6 nitrogen and oxygen atoms in total. The number of hydrogen-bond acceptors (Lipinski definition) is 7. The number of hydrogen-bond donors (Lipinski definition) is 1. The molecular formula is C19H17N3O3S2. The second-order valence-electron chi connectivity index (χ2n) is 5.49. The number of carbonyl (C=O) groups is 2. The van der Waals surface area contributed by atoms with Crippen LogP contribution in [0.3, 0.4) is 0 Å². The third kappa shape index (κ3) is 5.38.